The van der Waals surface area contributed by atoms with Gasteiger partial charge >= 0.3 is 17.6 Å². The number of esters is 2. The minimum Gasteiger partial charge on any atom is -0.484 e. The lowest BCUT2D eigenvalue weighted by atomic mass is 10.1. The van der Waals surface area contributed by atoms with E-state index in [1.807, 2.05) is 6.92 Å². The molecule has 0 saturated heterocycles. The van der Waals surface area contributed by atoms with Gasteiger partial charge in [-0.15, -0.1) is 0 Å². The van der Waals surface area contributed by atoms with E-state index in [1.54, 1.807) is 0 Å². The molecule has 0 bridgehead atoms. The zero-order chi connectivity index (χ0) is 29.2. The van der Waals surface area contributed by atoms with Crippen LogP contribution in [0.2, 0.25) is 0 Å². The Morgan fingerprint density at radius 2 is 1.35 bits per heavy atom. The molecule has 0 radical (unpaired) electrons. The number of nitro benzene ring substituents is 1. The van der Waals surface area contributed by atoms with Crippen molar-refractivity contribution in [3.63, 3.8) is 0 Å². The summed E-state index contributed by atoms with van der Waals surface area (Å²) in [7, 11) is 0. The van der Waals surface area contributed by atoms with Crippen LogP contribution in [0.3, 0.4) is 0 Å². The first kappa shape index (κ1) is 32.8. The Morgan fingerprint density at radius 1 is 0.775 bits per heavy atom. The summed E-state index contributed by atoms with van der Waals surface area (Å²) in [5.41, 5.74) is 0.105. The predicted octanol–water partition coefficient (Wildman–Crippen LogP) is 8.85. The molecule has 8 nitrogen and oxygen atoms in total. The topological polar surface area (TPSA) is 105 Å². The maximum Gasteiger partial charge on any atom is 0.343 e. The number of benzene rings is 2. The number of unbranched alkanes of at least 4 members (excludes halogenated alkanes) is 10. The average Bonchev–Trinajstić information content (AvgIpc) is 2.94. The molecule has 0 fully saturated rings. The molecule has 0 saturated carbocycles. The van der Waals surface area contributed by atoms with Crippen molar-refractivity contribution >= 4 is 17.6 Å². The molecule has 220 valence electrons. The van der Waals surface area contributed by atoms with E-state index in [2.05, 4.69) is 13.8 Å². The lowest BCUT2D eigenvalue weighted by Crippen LogP contribution is -2.14. The number of hydrogen-bond acceptors (Lipinski definition) is 7. The van der Waals surface area contributed by atoms with Crippen LogP contribution in [0.25, 0.3) is 0 Å². The normalized spacial score (nSPS) is 11.6. The lowest BCUT2D eigenvalue weighted by Gasteiger charge is -2.15. The molecule has 0 spiro atoms. The maximum atomic E-state index is 12.7. The monoisotopic (exact) mass is 555 g/mol. The van der Waals surface area contributed by atoms with Crippen molar-refractivity contribution in [3.8, 4) is 11.5 Å². The van der Waals surface area contributed by atoms with Gasteiger partial charge in [0.2, 0.25) is 0 Å². The zero-order valence-corrected chi connectivity index (χ0v) is 24.3. The third kappa shape index (κ3) is 12.2. The van der Waals surface area contributed by atoms with E-state index < -0.39 is 16.9 Å². The van der Waals surface area contributed by atoms with Gasteiger partial charge in [-0.1, -0.05) is 78.1 Å². The summed E-state index contributed by atoms with van der Waals surface area (Å²) in [6.07, 6.45) is 14.3. The van der Waals surface area contributed by atoms with Crippen LogP contribution >= 0.6 is 0 Å². The van der Waals surface area contributed by atoms with E-state index in [1.165, 1.54) is 74.6 Å². The first-order valence-corrected chi connectivity index (χ1v) is 14.8. The Hall–Kier alpha value is -3.42. The van der Waals surface area contributed by atoms with Gasteiger partial charge < -0.3 is 14.2 Å². The van der Waals surface area contributed by atoms with Crippen LogP contribution in [0.4, 0.5) is 5.69 Å². The summed E-state index contributed by atoms with van der Waals surface area (Å²) in [5, 5.41) is 11.6. The van der Waals surface area contributed by atoms with Crippen molar-refractivity contribution < 1.29 is 28.7 Å². The summed E-state index contributed by atoms with van der Waals surface area (Å²) in [4.78, 5) is 36.0. The van der Waals surface area contributed by atoms with E-state index in [4.69, 9.17) is 14.2 Å². The molecule has 0 aliphatic heterocycles. The fraction of sp³-hybridized carbons (Fsp3) is 0.562. The fourth-order valence-corrected chi connectivity index (χ4v) is 4.33. The van der Waals surface area contributed by atoms with Crippen LogP contribution in [-0.2, 0) is 4.74 Å². The second-order valence-electron chi connectivity index (χ2n) is 10.2. The molecule has 0 N–H and O–H groups in total. The van der Waals surface area contributed by atoms with Gasteiger partial charge in [-0.3, -0.25) is 10.1 Å². The molecule has 0 aliphatic carbocycles. The molecule has 0 aromatic heterocycles. The molecule has 1 atom stereocenters. The van der Waals surface area contributed by atoms with Crippen molar-refractivity contribution in [2.24, 2.45) is 0 Å². The molecule has 0 unspecified atom stereocenters. The SMILES string of the molecule is CCCCCCCCCCOC(=O)c1ccc(OC(=O)c2ccc(O[C@H](C)CCCCCC)c([N+](=O)[O-])c2)cc1. The van der Waals surface area contributed by atoms with Gasteiger partial charge in [0.05, 0.1) is 28.8 Å². The summed E-state index contributed by atoms with van der Waals surface area (Å²) in [6, 6.07) is 10.1. The molecule has 2 rings (SSSR count). The van der Waals surface area contributed by atoms with Crippen LogP contribution in [0.1, 0.15) is 125 Å². The second-order valence-corrected chi connectivity index (χ2v) is 10.2. The first-order valence-electron chi connectivity index (χ1n) is 14.8. The van der Waals surface area contributed by atoms with E-state index in [-0.39, 0.29) is 28.9 Å². The average molecular weight is 556 g/mol. The number of nitro groups is 1. The second kappa shape index (κ2) is 18.8. The molecule has 0 heterocycles. The van der Waals surface area contributed by atoms with Gasteiger partial charge in [-0.05, 0) is 62.6 Å². The third-order valence-electron chi connectivity index (χ3n) is 6.72. The minimum atomic E-state index is -0.743. The number of carbonyl (C=O) groups is 2. The highest BCUT2D eigenvalue weighted by Crippen LogP contribution is 2.30. The highest BCUT2D eigenvalue weighted by atomic mass is 16.6. The first-order chi connectivity index (χ1) is 19.3. The molecule has 0 aliphatic rings. The van der Waals surface area contributed by atoms with Crippen molar-refractivity contribution in [1.29, 1.82) is 0 Å². The van der Waals surface area contributed by atoms with Gasteiger partial charge in [-0.2, -0.15) is 0 Å². The standard InChI is InChI=1S/C32H45NO7/c1-4-6-8-10-11-12-13-15-23-38-31(34)26-17-20-28(21-18-26)40-32(35)27-19-22-30(29(24-27)33(36)37)39-25(3)16-14-9-7-5-2/h17-22,24-25H,4-16,23H2,1-3H3/t25-/m1/s1. The Morgan fingerprint density at radius 3 is 1.98 bits per heavy atom. The summed E-state index contributed by atoms with van der Waals surface area (Å²) < 4.78 is 16.5. The van der Waals surface area contributed by atoms with Gasteiger partial charge in [-0.25, -0.2) is 9.59 Å². The van der Waals surface area contributed by atoms with Gasteiger partial charge in [0.15, 0.2) is 5.75 Å². The quantitative estimate of drug-likeness (QED) is 0.0528. The highest BCUT2D eigenvalue weighted by Gasteiger charge is 2.21. The lowest BCUT2D eigenvalue weighted by molar-refractivity contribution is -0.386. The van der Waals surface area contributed by atoms with Crippen LogP contribution in [-0.4, -0.2) is 29.6 Å². The Bertz CT molecular complexity index is 1050. The van der Waals surface area contributed by atoms with Crippen LogP contribution in [0.5, 0.6) is 11.5 Å². The minimum absolute atomic E-state index is 0.0310. The fourth-order valence-electron chi connectivity index (χ4n) is 4.33. The third-order valence-corrected chi connectivity index (χ3v) is 6.72. The summed E-state index contributed by atoms with van der Waals surface area (Å²) >= 11 is 0. The number of carbonyl (C=O) groups excluding carboxylic acids is 2. The number of rotatable bonds is 20. The summed E-state index contributed by atoms with van der Waals surface area (Å²) in [5.74, 6) is -0.827. The molecule has 2 aromatic rings. The maximum absolute atomic E-state index is 12.7. The number of hydrogen-bond donors (Lipinski definition) is 0. The van der Waals surface area contributed by atoms with Crippen molar-refractivity contribution in [1.82, 2.24) is 0 Å². The predicted molar refractivity (Wildman–Crippen MR) is 156 cm³/mol. The molecule has 0 amide bonds. The van der Waals surface area contributed by atoms with Crippen molar-refractivity contribution in [2.45, 2.75) is 110 Å². The van der Waals surface area contributed by atoms with Crippen molar-refractivity contribution in [3.05, 3.63) is 63.7 Å². The molecule has 40 heavy (non-hydrogen) atoms. The Balaban J connectivity index is 1.84. The van der Waals surface area contributed by atoms with Crippen LogP contribution in [0, 0.1) is 10.1 Å². The zero-order valence-electron chi connectivity index (χ0n) is 24.3. The van der Waals surface area contributed by atoms with E-state index in [0.717, 1.165) is 51.4 Å². The van der Waals surface area contributed by atoms with Gasteiger partial charge in [0.25, 0.3) is 0 Å². The van der Waals surface area contributed by atoms with E-state index in [0.29, 0.717) is 12.2 Å². The highest BCUT2D eigenvalue weighted by molar-refractivity contribution is 5.93. The van der Waals surface area contributed by atoms with Crippen LogP contribution in [0.15, 0.2) is 42.5 Å². The van der Waals surface area contributed by atoms with Gasteiger partial charge in [0.1, 0.15) is 5.75 Å². The molecule has 2 aromatic carbocycles. The van der Waals surface area contributed by atoms with E-state index >= 15 is 0 Å². The van der Waals surface area contributed by atoms with Gasteiger partial charge in [0, 0.05) is 6.07 Å². The Kier molecular flexibility index (Phi) is 15.4. The molecular formula is C32H45NO7. The largest absolute Gasteiger partial charge is 0.484 e. The van der Waals surface area contributed by atoms with E-state index in [9.17, 15) is 19.7 Å². The Labute approximate surface area is 238 Å². The smallest absolute Gasteiger partial charge is 0.343 e. The molecule has 8 heteroatoms. The van der Waals surface area contributed by atoms with Crippen molar-refractivity contribution in [2.75, 3.05) is 6.61 Å². The number of ether oxygens (including phenoxy) is 3. The molecular weight excluding hydrogens is 510 g/mol. The summed E-state index contributed by atoms with van der Waals surface area (Å²) in [6.45, 7) is 6.60. The number of nitrogens with zero attached hydrogens (tertiary/aromatic N) is 1. The van der Waals surface area contributed by atoms with Crippen LogP contribution < -0.4 is 9.47 Å².